The highest BCUT2D eigenvalue weighted by Crippen LogP contribution is 2.49. The van der Waals surface area contributed by atoms with Crippen LogP contribution < -0.4 is 5.32 Å². The molecule has 0 aromatic rings. The molecule has 6 nitrogen and oxygen atoms in total. The predicted octanol–water partition coefficient (Wildman–Crippen LogP) is 1.19. The van der Waals surface area contributed by atoms with Gasteiger partial charge in [-0.3, -0.25) is 14.5 Å². The number of nitrogens with one attached hydrogen (secondary N) is 1. The molecule has 0 unspecified atom stereocenters. The molecule has 0 aromatic carbocycles. The number of allylic oxidation sites excluding steroid dienone is 2. The van der Waals surface area contributed by atoms with E-state index in [1.807, 2.05) is 13.8 Å². The lowest BCUT2D eigenvalue weighted by Gasteiger charge is -2.38. The van der Waals surface area contributed by atoms with Gasteiger partial charge < -0.3 is 10.2 Å². The zero-order valence-electron chi connectivity index (χ0n) is 13.1. The van der Waals surface area contributed by atoms with Crippen molar-refractivity contribution in [1.29, 1.82) is 0 Å². The summed E-state index contributed by atoms with van der Waals surface area (Å²) in [4.78, 5) is 40.0. The Bertz CT molecular complexity index is 495. The highest BCUT2D eigenvalue weighted by molar-refractivity contribution is 6.06. The Morgan fingerprint density at radius 1 is 1.14 bits per heavy atom. The summed E-state index contributed by atoms with van der Waals surface area (Å²) in [5, 5.41) is 2.70. The first-order valence-corrected chi connectivity index (χ1v) is 8.14. The Morgan fingerprint density at radius 3 is 2.05 bits per heavy atom. The molecule has 4 amide bonds. The first-order valence-electron chi connectivity index (χ1n) is 8.14. The number of fused-ring (bicyclic) bond motifs is 1. The van der Waals surface area contributed by atoms with E-state index in [-0.39, 0.29) is 48.2 Å². The number of likely N-dealkylation sites (tertiary alicyclic amines) is 1. The van der Waals surface area contributed by atoms with E-state index in [1.165, 1.54) is 4.90 Å². The smallest absolute Gasteiger partial charge is 0.318 e. The molecule has 4 aliphatic rings. The number of hydrogen-bond acceptors (Lipinski definition) is 3. The van der Waals surface area contributed by atoms with Crippen LogP contribution in [0.25, 0.3) is 0 Å². The van der Waals surface area contributed by atoms with Crippen molar-refractivity contribution in [2.75, 3.05) is 19.8 Å². The summed E-state index contributed by atoms with van der Waals surface area (Å²) < 4.78 is 0. The molecular formula is C16H23N3O3. The fourth-order valence-electron chi connectivity index (χ4n) is 4.06. The minimum Gasteiger partial charge on any atom is -0.325 e. The van der Waals surface area contributed by atoms with Crippen LogP contribution in [0.2, 0.25) is 0 Å². The van der Waals surface area contributed by atoms with Gasteiger partial charge in [-0.05, 0) is 38.5 Å². The second-order valence-electron chi connectivity index (χ2n) is 6.26. The van der Waals surface area contributed by atoms with Gasteiger partial charge in [0.15, 0.2) is 0 Å². The summed E-state index contributed by atoms with van der Waals surface area (Å²) in [5.41, 5.74) is 0. The molecule has 1 saturated heterocycles. The SMILES string of the molecule is CCN(CC)C(=O)NCN1C(=O)[C@H]2[C@H](C1=O)[C@H]1C=C[C@H]2CC1. The molecule has 2 fully saturated rings. The molecule has 0 radical (unpaired) electrons. The van der Waals surface area contributed by atoms with Crippen LogP contribution in [-0.2, 0) is 9.59 Å². The molecule has 2 bridgehead atoms. The lowest BCUT2D eigenvalue weighted by molar-refractivity contribution is -0.140. The number of hydrogen-bond donors (Lipinski definition) is 1. The van der Waals surface area contributed by atoms with Gasteiger partial charge in [-0.2, -0.15) is 0 Å². The van der Waals surface area contributed by atoms with Crippen molar-refractivity contribution >= 4 is 17.8 Å². The highest BCUT2D eigenvalue weighted by atomic mass is 16.2. The predicted molar refractivity (Wildman–Crippen MR) is 80.5 cm³/mol. The second-order valence-corrected chi connectivity index (χ2v) is 6.26. The molecule has 22 heavy (non-hydrogen) atoms. The average Bonchev–Trinajstić information content (AvgIpc) is 2.81. The van der Waals surface area contributed by atoms with Crippen molar-refractivity contribution in [3.63, 3.8) is 0 Å². The Labute approximate surface area is 130 Å². The van der Waals surface area contributed by atoms with E-state index in [4.69, 9.17) is 0 Å². The van der Waals surface area contributed by atoms with Crippen LogP contribution in [0.1, 0.15) is 26.7 Å². The van der Waals surface area contributed by atoms with Gasteiger partial charge in [0, 0.05) is 13.1 Å². The summed E-state index contributed by atoms with van der Waals surface area (Å²) in [6, 6.07) is -0.235. The molecule has 3 aliphatic carbocycles. The molecule has 1 saturated carbocycles. The number of imide groups is 1. The van der Waals surface area contributed by atoms with Gasteiger partial charge in [0.25, 0.3) is 0 Å². The lowest BCUT2D eigenvalue weighted by Crippen LogP contribution is -2.47. The van der Waals surface area contributed by atoms with E-state index in [0.717, 1.165) is 12.8 Å². The first-order chi connectivity index (χ1) is 10.6. The molecule has 6 heteroatoms. The quantitative estimate of drug-likeness (QED) is 0.626. The van der Waals surface area contributed by atoms with Crippen molar-refractivity contribution in [2.24, 2.45) is 23.7 Å². The van der Waals surface area contributed by atoms with Crippen molar-refractivity contribution < 1.29 is 14.4 Å². The zero-order valence-corrected chi connectivity index (χ0v) is 13.1. The molecular weight excluding hydrogens is 282 g/mol. The molecule has 4 atom stereocenters. The van der Waals surface area contributed by atoms with Crippen LogP contribution in [0.5, 0.6) is 0 Å². The van der Waals surface area contributed by atoms with E-state index in [9.17, 15) is 14.4 Å². The summed E-state index contributed by atoms with van der Waals surface area (Å²) in [7, 11) is 0. The molecule has 0 spiro atoms. The Kier molecular flexibility index (Phi) is 3.93. The maximum absolute atomic E-state index is 12.6. The van der Waals surface area contributed by atoms with Gasteiger partial charge in [-0.1, -0.05) is 12.2 Å². The summed E-state index contributed by atoms with van der Waals surface area (Å²) in [6.07, 6.45) is 6.17. The van der Waals surface area contributed by atoms with E-state index in [2.05, 4.69) is 17.5 Å². The molecule has 4 rings (SSSR count). The van der Waals surface area contributed by atoms with Gasteiger partial charge in [0.05, 0.1) is 11.8 Å². The molecule has 1 heterocycles. The average molecular weight is 305 g/mol. The van der Waals surface area contributed by atoms with Gasteiger partial charge in [0.1, 0.15) is 6.67 Å². The van der Waals surface area contributed by atoms with Crippen LogP contribution >= 0.6 is 0 Å². The third-order valence-corrected chi connectivity index (χ3v) is 5.29. The molecule has 1 aliphatic heterocycles. The van der Waals surface area contributed by atoms with Crippen molar-refractivity contribution in [3.8, 4) is 0 Å². The normalized spacial score (nSPS) is 32.4. The zero-order chi connectivity index (χ0) is 15.9. The Hall–Kier alpha value is -1.85. The number of carbonyl (C=O) groups excluding carboxylic acids is 3. The Balaban J connectivity index is 1.68. The minimum absolute atomic E-state index is 0.0144. The fraction of sp³-hybridized carbons (Fsp3) is 0.688. The van der Waals surface area contributed by atoms with Crippen LogP contribution in [0.4, 0.5) is 4.79 Å². The van der Waals surface area contributed by atoms with Crippen molar-refractivity contribution in [1.82, 2.24) is 15.1 Å². The highest BCUT2D eigenvalue weighted by Gasteiger charge is 2.56. The van der Waals surface area contributed by atoms with Crippen LogP contribution in [-0.4, -0.2) is 47.4 Å². The summed E-state index contributed by atoms with van der Waals surface area (Å²) >= 11 is 0. The van der Waals surface area contributed by atoms with Crippen LogP contribution in [0, 0.1) is 23.7 Å². The summed E-state index contributed by atoms with van der Waals surface area (Å²) in [5.74, 6) is -0.268. The van der Waals surface area contributed by atoms with E-state index in [1.54, 1.807) is 4.90 Å². The summed E-state index contributed by atoms with van der Waals surface area (Å²) in [6.45, 7) is 4.98. The largest absolute Gasteiger partial charge is 0.325 e. The number of urea groups is 1. The van der Waals surface area contributed by atoms with E-state index < -0.39 is 0 Å². The van der Waals surface area contributed by atoms with Crippen molar-refractivity contribution in [2.45, 2.75) is 26.7 Å². The fourth-order valence-corrected chi connectivity index (χ4v) is 4.06. The monoisotopic (exact) mass is 305 g/mol. The number of amides is 4. The standard InChI is InChI=1S/C16H23N3O3/c1-3-18(4-2)16(22)17-9-19-14(20)12-10-5-6-11(8-7-10)13(12)15(19)21/h5-6,10-13H,3-4,7-9H2,1-2H3,(H,17,22)/t10-,11-,12+,13+/m0/s1. The van der Waals surface area contributed by atoms with Crippen LogP contribution in [0.15, 0.2) is 12.2 Å². The number of nitrogens with zero attached hydrogens (tertiary/aromatic N) is 2. The third-order valence-electron chi connectivity index (χ3n) is 5.29. The molecule has 0 aromatic heterocycles. The lowest BCUT2D eigenvalue weighted by atomic mass is 9.63. The minimum atomic E-state index is -0.235. The van der Waals surface area contributed by atoms with Gasteiger partial charge in [-0.25, -0.2) is 4.79 Å². The van der Waals surface area contributed by atoms with Gasteiger partial charge in [0.2, 0.25) is 11.8 Å². The third kappa shape index (κ3) is 2.21. The second kappa shape index (κ2) is 5.74. The maximum Gasteiger partial charge on any atom is 0.318 e. The first kappa shape index (κ1) is 15.1. The maximum atomic E-state index is 12.6. The van der Waals surface area contributed by atoms with Crippen LogP contribution in [0.3, 0.4) is 0 Å². The molecule has 120 valence electrons. The Morgan fingerprint density at radius 2 is 1.64 bits per heavy atom. The van der Waals surface area contributed by atoms with Gasteiger partial charge >= 0.3 is 6.03 Å². The van der Waals surface area contributed by atoms with Crippen molar-refractivity contribution in [3.05, 3.63) is 12.2 Å². The number of carbonyl (C=O) groups is 3. The van der Waals surface area contributed by atoms with E-state index >= 15 is 0 Å². The topological polar surface area (TPSA) is 69.7 Å². The van der Waals surface area contributed by atoms with Gasteiger partial charge in [-0.15, -0.1) is 0 Å². The number of rotatable bonds is 4. The van der Waals surface area contributed by atoms with E-state index in [0.29, 0.717) is 13.1 Å². The molecule has 1 N–H and O–H groups in total.